The number of benzene rings is 1. The Morgan fingerprint density at radius 2 is 1.91 bits per heavy atom. The zero-order valence-electron chi connectivity index (χ0n) is 12.7. The summed E-state index contributed by atoms with van der Waals surface area (Å²) >= 11 is 0. The molecule has 6 nitrogen and oxygen atoms in total. The molecule has 0 bridgehead atoms. The Bertz CT molecular complexity index is 682. The predicted molar refractivity (Wildman–Crippen MR) is 88.0 cm³/mol. The number of nitrogens with one attached hydrogen (secondary N) is 1. The van der Waals surface area contributed by atoms with Crippen molar-refractivity contribution in [3.05, 3.63) is 18.2 Å². The Labute approximate surface area is 142 Å². The molecule has 4 rings (SSSR count). The van der Waals surface area contributed by atoms with Crippen molar-refractivity contribution in [3.63, 3.8) is 0 Å². The molecule has 0 aliphatic carbocycles. The number of rotatable bonds is 2. The van der Waals surface area contributed by atoms with E-state index in [0.717, 1.165) is 19.4 Å². The molecule has 128 valence electrons. The second kappa shape index (κ2) is 6.47. The highest BCUT2D eigenvalue weighted by Gasteiger charge is 2.37. The number of fused-ring (bicyclic) bond motifs is 2. The second-order valence-electron chi connectivity index (χ2n) is 6.07. The van der Waals surface area contributed by atoms with E-state index >= 15 is 0 Å². The van der Waals surface area contributed by atoms with Crippen LogP contribution in [-0.4, -0.2) is 51.6 Å². The SMILES string of the molecule is Cl.O=S(=O)(c1ccc2c(c1)OCCO2)N1CCC2NCCC2C1. The molecule has 2 saturated heterocycles. The summed E-state index contributed by atoms with van der Waals surface area (Å²) in [5, 5.41) is 3.45. The van der Waals surface area contributed by atoms with Crippen LogP contribution in [0.25, 0.3) is 0 Å². The van der Waals surface area contributed by atoms with Crippen LogP contribution in [0.4, 0.5) is 0 Å². The number of halogens is 1. The number of hydrogen-bond acceptors (Lipinski definition) is 5. The fourth-order valence-corrected chi connectivity index (χ4v) is 5.09. The van der Waals surface area contributed by atoms with E-state index in [-0.39, 0.29) is 12.4 Å². The molecule has 0 amide bonds. The lowest BCUT2D eigenvalue weighted by molar-refractivity contribution is 0.171. The largest absolute Gasteiger partial charge is 0.486 e. The Hall–Kier alpha value is -1.02. The summed E-state index contributed by atoms with van der Waals surface area (Å²) in [5.41, 5.74) is 0. The van der Waals surface area contributed by atoms with E-state index in [1.165, 1.54) is 0 Å². The molecule has 0 aromatic heterocycles. The van der Waals surface area contributed by atoms with Gasteiger partial charge < -0.3 is 14.8 Å². The summed E-state index contributed by atoms with van der Waals surface area (Å²) in [5.74, 6) is 1.56. The quantitative estimate of drug-likeness (QED) is 0.859. The van der Waals surface area contributed by atoms with Crippen LogP contribution in [-0.2, 0) is 10.0 Å². The lowest BCUT2D eigenvalue weighted by Crippen LogP contribution is -2.46. The van der Waals surface area contributed by atoms with Crippen molar-refractivity contribution < 1.29 is 17.9 Å². The van der Waals surface area contributed by atoms with E-state index in [9.17, 15) is 8.42 Å². The van der Waals surface area contributed by atoms with Crippen LogP contribution in [0.1, 0.15) is 12.8 Å². The molecule has 0 radical (unpaired) electrons. The molecular weight excluding hydrogens is 340 g/mol. The van der Waals surface area contributed by atoms with E-state index in [4.69, 9.17) is 9.47 Å². The maximum Gasteiger partial charge on any atom is 0.243 e. The smallest absolute Gasteiger partial charge is 0.243 e. The molecule has 0 spiro atoms. The van der Waals surface area contributed by atoms with Crippen molar-refractivity contribution >= 4 is 22.4 Å². The lowest BCUT2D eigenvalue weighted by Gasteiger charge is -2.34. The number of piperidine rings is 1. The van der Waals surface area contributed by atoms with Gasteiger partial charge in [-0.1, -0.05) is 0 Å². The summed E-state index contributed by atoms with van der Waals surface area (Å²) < 4.78 is 38.3. The Balaban J connectivity index is 0.00000156. The fraction of sp³-hybridized carbons (Fsp3) is 0.600. The molecule has 1 aromatic carbocycles. The van der Waals surface area contributed by atoms with Gasteiger partial charge in [-0.05, 0) is 37.4 Å². The van der Waals surface area contributed by atoms with Crippen LogP contribution < -0.4 is 14.8 Å². The van der Waals surface area contributed by atoms with E-state index < -0.39 is 10.0 Å². The van der Waals surface area contributed by atoms with Crippen LogP contribution in [0.3, 0.4) is 0 Å². The topological polar surface area (TPSA) is 67.9 Å². The lowest BCUT2D eigenvalue weighted by atomic mass is 9.95. The molecule has 2 unspecified atom stereocenters. The summed E-state index contributed by atoms with van der Waals surface area (Å²) in [6.45, 7) is 3.13. The third-order valence-electron chi connectivity index (χ3n) is 4.77. The highest BCUT2D eigenvalue weighted by Crippen LogP contribution is 2.34. The number of ether oxygens (including phenoxy) is 2. The monoisotopic (exact) mass is 360 g/mol. The van der Waals surface area contributed by atoms with Gasteiger partial charge in [-0.2, -0.15) is 4.31 Å². The van der Waals surface area contributed by atoms with Gasteiger partial charge in [-0.25, -0.2) is 8.42 Å². The average Bonchev–Trinajstić information content (AvgIpc) is 3.02. The Morgan fingerprint density at radius 3 is 2.74 bits per heavy atom. The Kier molecular flexibility index (Phi) is 4.73. The van der Waals surface area contributed by atoms with Gasteiger partial charge in [-0.15, -0.1) is 12.4 Å². The molecule has 0 saturated carbocycles. The molecule has 3 aliphatic heterocycles. The van der Waals surface area contributed by atoms with Gasteiger partial charge in [-0.3, -0.25) is 0 Å². The predicted octanol–water partition coefficient (Wildman–Crippen LogP) is 1.25. The summed E-state index contributed by atoms with van der Waals surface area (Å²) in [6.07, 6.45) is 1.94. The average molecular weight is 361 g/mol. The van der Waals surface area contributed by atoms with Crippen LogP contribution in [0.2, 0.25) is 0 Å². The molecule has 3 heterocycles. The minimum absolute atomic E-state index is 0. The number of hydrogen-bond donors (Lipinski definition) is 1. The summed E-state index contributed by atoms with van der Waals surface area (Å²) in [6, 6.07) is 5.36. The molecule has 1 N–H and O–H groups in total. The molecule has 23 heavy (non-hydrogen) atoms. The first-order chi connectivity index (χ1) is 10.6. The standard InChI is InChI=1S/C15H20N2O4S.ClH/c18-22(19,17-6-4-13-11(10-17)3-5-16-13)12-1-2-14-15(9-12)21-8-7-20-14;/h1-2,9,11,13,16H,3-8,10H2;1H. The summed E-state index contributed by atoms with van der Waals surface area (Å²) in [4.78, 5) is 0.293. The zero-order valence-corrected chi connectivity index (χ0v) is 14.4. The first-order valence-corrected chi connectivity index (χ1v) is 9.22. The van der Waals surface area contributed by atoms with Crippen LogP contribution in [0.5, 0.6) is 11.5 Å². The van der Waals surface area contributed by atoms with Gasteiger partial charge >= 0.3 is 0 Å². The maximum absolute atomic E-state index is 12.9. The number of sulfonamides is 1. The van der Waals surface area contributed by atoms with E-state index in [1.54, 1.807) is 22.5 Å². The molecule has 3 aliphatic rings. The van der Waals surface area contributed by atoms with Gasteiger partial charge in [0, 0.05) is 25.2 Å². The molecule has 1 aromatic rings. The maximum atomic E-state index is 12.9. The van der Waals surface area contributed by atoms with E-state index in [1.807, 2.05) is 0 Å². The molecule has 2 fully saturated rings. The van der Waals surface area contributed by atoms with Crippen molar-refractivity contribution in [1.82, 2.24) is 9.62 Å². The first kappa shape index (κ1) is 16.8. The van der Waals surface area contributed by atoms with Gasteiger partial charge in [0.2, 0.25) is 10.0 Å². The van der Waals surface area contributed by atoms with Crippen molar-refractivity contribution in [3.8, 4) is 11.5 Å². The third kappa shape index (κ3) is 3.03. The van der Waals surface area contributed by atoms with Gasteiger partial charge in [0.05, 0.1) is 4.90 Å². The minimum Gasteiger partial charge on any atom is -0.486 e. The number of nitrogens with zero attached hydrogens (tertiary/aromatic N) is 1. The van der Waals surface area contributed by atoms with Crippen LogP contribution in [0, 0.1) is 5.92 Å². The van der Waals surface area contributed by atoms with Gasteiger partial charge in [0.15, 0.2) is 11.5 Å². The van der Waals surface area contributed by atoms with E-state index in [2.05, 4.69) is 5.32 Å². The molecule has 2 atom stereocenters. The zero-order chi connectivity index (χ0) is 15.2. The summed E-state index contributed by atoms with van der Waals surface area (Å²) in [7, 11) is -3.46. The highest BCUT2D eigenvalue weighted by atomic mass is 35.5. The van der Waals surface area contributed by atoms with Crippen LogP contribution >= 0.6 is 12.4 Å². The van der Waals surface area contributed by atoms with Crippen molar-refractivity contribution in [2.24, 2.45) is 5.92 Å². The van der Waals surface area contributed by atoms with Gasteiger partial charge in [0.25, 0.3) is 0 Å². The fourth-order valence-electron chi connectivity index (χ4n) is 3.57. The van der Waals surface area contributed by atoms with Crippen molar-refractivity contribution in [1.29, 1.82) is 0 Å². The van der Waals surface area contributed by atoms with E-state index in [0.29, 0.717) is 54.7 Å². The van der Waals surface area contributed by atoms with Gasteiger partial charge in [0.1, 0.15) is 13.2 Å². The molecular formula is C15H21ClN2O4S. The first-order valence-electron chi connectivity index (χ1n) is 7.78. The van der Waals surface area contributed by atoms with Crippen molar-refractivity contribution in [2.75, 3.05) is 32.8 Å². The van der Waals surface area contributed by atoms with Crippen molar-refractivity contribution in [2.45, 2.75) is 23.8 Å². The second-order valence-corrected chi connectivity index (χ2v) is 8.00. The Morgan fingerprint density at radius 1 is 1.13 bits per heavy atom. The minimum atomic E-state index is -3.46. The third-order valence-corrected chi connectivity index (χ3v) is 6.63. The highest BCUT2D eigenvalue weighted by molar-refractivity contribution is 7.89. The normalized spacial score (nSPS) is 27.1. The van der Waals surface area contributed by atoms with Crippen LogP contribution in [0.15, 0.2) is 23.1 Å². The molecule has 8 heteroatoms.